The van der Waals surface area contributed by atoms with Gasteiger partial charge in [-0.25, -0.2) is 0 Å². The molecular formula is C3H10CuSi. The predicted molar refractivity (Wildman–Crippen MR) is 24.7 cm³/mol. The molecule has 0 N–H and O–H groups in total. The van der Waals surface area contributed by atoms with E-state index in [0.717, 1.165) is 0 Å². The molecule has 1 radical (unpaired) electrons. The van der Waals surface area contributed by atoms with Crippen LogP contribution in [-0.4, -0.2) is 8.80 Å². The van der Waals surface area contributed by atoms with E-state index in [-0.39, 0.29) is 25.9 Å². The van der Waals surface area contributed by atoms with Crippen molar-refractivity contribution in [3.05, 3.63) is 0 Å². The summed E-state index contributed by atoms with van der Waals surface area (Å²) in [6, 6.07) is 0. The van der Waals surface area contributed by atoms with E-state index in [4.69, 9.17) is 0 Å². The van der Waals surface area contributed by atoms with Crippen molar-refractivity contribution in [3.8, 4) is 0 Å². The topological polar surface area (TPSA) is 0 Å². The molecule has 0 aliphatic heterocycles. The Hall–Kier alpha value is 0.736. The molecule has 0 aromatic heterocycles. The molecule has 0 aromatic rings. The fourth-order valence-electron chi connectivity index (χ4n) is 0. The smallest absolute Gasteiger partial charge is 0.0274 e. The first kappa shape index (κ1) is 9.22. The maximum absolute atomic E-state index is 2.31. The van der Waals surface area contributed by atoms with Crippen molar-refractivity contribution in [2.75, 3.05) is 0 Å². The quantitative estimate of drug-likeness (QED) is 0.439. The van der Waals surface area contributed by atoms with Crippen molar-refractivity contribution < 1.29 is 17.1 Å². The van der Waals surface area contributed by atoms with Crippen LogP contribution in [0.2, 0.25) is 19.6 Å². The molecule has 0 bridgehead atoms. The van der Waals surface area contributed by atoms with E-state index >= 15 is 0 Å². The summed E-state index contributed by atoms with van der Waals surface area (Å²) in [5.41, 5.74) is 0. The van der Waals surface area contributed by atoms with Gasteiger partial charge in [0.2, 0.25) is 0 Å². The van der Waals surface area contributed by atoms with E-state index < -0.39 is 0 Å². The molecule has 0 fully saturated rings. The van der Waals surface area contributed by atoms with E-state index in [2.05, 4.69) is 19.6 Å². The van der Waals surface area contributed by atoms with Gasteiger partial charge in [-0.05, 0) is 0 Å². The first-order valence-electron chi connectivity index (χ1n) is 1.73. The predicted octanol–water partition coefficient (Wildman–Crippen LogP) is 1.10. The fraction of sp³-hybridized carbons (Fsp3) is 1.00. The van der Waals surface area contributed by atoms with Crippen LogP contribution in [0.25, 0.3) is 0 Å². The molecule has 2 heteroatoms. The van der Waals surface area contributed by atoms with Gasteiger partial charge in [0.05, 0.1) is 0 Å². The van der Waals surface area contributed by atoms with Gasteiger partial charge in [0.15, 0.2) is 0 Å². The van der Waals surface area contributed by atoms with Gasteiger partial charge < -0.3 is 0 Å². The number of hydrogen-bond donors (Lipinski definition) is 0. The molecule has 0 aliphatic rings. The van der Waals surface area contributed by atoms with Crippen LogP contribution in [0.3, 0.4) is 0 Å². The van der Waals surface area contributed by atoms with Crippen LogP contribution >= 0.6 is 0 Å². The van der Waals surface area contributed by atoms with Crippen LogP contribution in [0.5, 0.6) is 0 Å². The zero-order chi connectivity index (χ0) is 3.58. The molecule has 0 aliphatic carbocycles. The number of hydrogen-bond acceptors (Lipinski definition) is 0. The summed E-state index contributed by atoms with van der Waals surface area (Å²) in [5, 5.41) is 0. The van der Waals surface area contributed by atoms with Gasteiger partial charge in [-0.1, -0.05) is 19.6 Å². The Morgan fingerprint density at radius 1 is 1.00 bits per heavy atom. The van der Waals surface area contributed by atoms with Gasteiger partial charge in [0.25, 0.3) is 0 Å². The molecule has 0 rings (SSSR count). The van der Waals surface area contributed by atoms with E-state index in [1.54, 1.807) is 0 Å². The summed E-state index contributed by atoms with van der Waals surface area (Å²) < 4.78 is 0. The molecule has 0 aromatic carbocycles. The largest absolute Gasteiger partial charge is 0.0724 e. The van der Waals surface area contributed by atoms with Crippen molar-refractivity contribution >= 4 is 8.80 Å². The average molecular weight is 138 g/mol. The molecule has 0 atom stereocenters. The van der Waals surface area contributed by atoms with Gasteiger partial charge in [-0.2, -0.15) is 0 Å². The second-order valence-corrected chi connectivity index (χ2v) is 5.20. The Morgan fingerprint density at radius 2 is 1.00 bits per heavy atom. The maximum atomic E-state index is 2.31. The van der Waals surface area contributed by atoms with Crippen LogP contribution < -0.4 is 0 Å². The van der Waals surface area contributed by atoms with E-state index in [1.165, 1.54) is 0 Å². The van der Waals surface area contributed by atoms with Crippen LogP contribution in [0, 0.1) is 0 Å². The zero-order valence-corrected chi connectivity index (χ0v) is 5.98. The Kier molecular flexibility index (Phi) is 8.73. The minimum atomic E-state index is -0.139. The standard InChI is InChI=1S/C3H10Si.Cu/c1-4(2)3;/h4H,1-3H3;. The Morgan fingerprint density at radius 3 is 1.00 bits per heavy atom. The molecule has 37 valence electrons. The SMILES string of the molecule is C[SiH](C)C.[Cu]. The van der Waals surface area contributed by atoms with Gasteiger partial charge in [0.1, 0.15) is 0 Å². The molecule has 0 heterocycles. The molecule has 0 saturated carbocycles. The molecule has 5 heavy (non-hydrogen) atoms. The van der Waals surface area contributed by atoms with E-state index in [9.17, 15) is 0 Å². The van der Waals surface area contributed by atoms with Crippen molar-refractivity contribution in [1.82, 2.24) is 0 Å². The Balaban J connectivity index is 0. The first-order chi connectivity index (χ1) is 1.73. The Bertz CT molecular complexity index is 11.6. The fourth-order valence-corrected chi connectivity index (χ4v) is 0. The third kappa shape index (κ3) is 65.4. The van der Waals surface area contributed by atoms with Gasteiger partial charge in [-0.3, -0.25) is 0 Å². The third-order valence-electron chi connectivity index (χ3n) is 0. The summed E-state index contributed by atoms with van der Waals surface area (Å²) in [4.78, 5) is 0. The second kappa shape index (κ2) is 4.74. The van der Waals surface area contributed by atoms with Crippen molar-refractivity contribution in [3.63, 3.8) is 0 Å². The van der Waals surface area contributed by atoms with Gasteiger partial charge >= 0.3 is 0 Å². The summed E-state index contributed by atoms with van der Waals surface area (Å²) in [7, 11) is -0.139. The monoisotopic (exact) mass is 137 g/mol. The van der Waals surface area contributed by atoms with Crippen molar-refractivity contribution in [2.45, 2.75) is 19.6 Å². The summed E-state index contributed by atoms with van der Waals surface area (Å²) in [5.74, 6) is 0. The third-order valence-corrected chi connectivity index (χ3v) is 0. The number of rotatable bonds is 0. The second-order valence-electron chi connectivity index (χ2n) is 1.73. The molecule has 0 saturated heterocycles. The molecule has 0 unspecified atom stereocenters. The van der Waals surface area contributed by atoms with E-state index in [0.29, 0.717) is 0 Å². The van der Waals surface area contributed by atoms with Crippen LogP contribution in [0.1, 0.15) is 0 Å². The molecule has 0 nitrogen and oxygen atoms in total. The molecular weight excluding hydrogens is 128 g/mol. The molecule has 0 amide bonds. The van der Waals surface area contributed by atoms with Crippen LogP contribution in [0.4, 0.5) is 0 Å². The summed E-state index contributed by atoms with van der Waals surface area (Å²) >= 11 is 0. The maximum Gasteiger partial charge on any atom is 0.0274 e. The minimum Gasteiger partial charge on any atom is -0.0724 e. The minimum absolute atomic E-state index is 0. The zero-order valence-electron chi connectivity index (χ0n) is 3.88. The van der Waals surface area contributed by atoms with Gasteiger partial charge in [-0.15, -0.1) is 0 Å². The normalized spacial score (nSPS) is 7.20. The van der Waals surface area contributed by atoms with E-state index in [1.807, 2.05) is 0 Å². The summed E-state index contributed by atoms with van der Waals surface area (Å²) in [6.45, 7) is 6.92. The summed E-state index contributed by atoms with van der Waals surface area (Å²) in [6.07, 6.45) is 0. The molecule has 0 spiro atoms. The van der Waals surface area contributed by atoms with Crippen molar-refractivity contribution in [2.24, 2.45) is 0 Å². The van der Waals surface area contributed by atoms with Crippen LogP contribution in [-0.2, 0) is 17.1 Å². The van der Waals surface area contributed by atoms with Crippen LogP contribution in [0.15, 0.2) is 0 Å². The van der Waals surface area contributed by atoms with Gasteiger partial charge in [0, 0.05) is 25.9 Å². The van der Waals surface area contributed by atoms with Crippen molar-refractivity contribution in [1.29, 1.82) is 0 Å². The Labute approximate surface area is 46.0 Å². The average Bonchev–Trinajstić information content (AvgIpc) is 0.811. The first-order valence-corrected chi connectivity index (χ1v) is 5.20.